The lowest BCUT2D eigenvalue weighted by molar-refractivity contribution is 0.325. The number of rotatable bonds is 8. The molecule has 0 aliphatic rings. The number of aryl methyl sites for hydroxylation is 1. The van der Waals surface area contributed by atoms with Crippen molar-refractivity contribution >= 4 is 15.8 Å². The zero-order chi connectivity index (χ0) is 14.3. The smallest absolute Gasteiger partial charge is 0.218 e. The lowest BCUT2D eigenvalue weighted by Crippen LogP contribution is -2.24. The molecular weight excluding hydrogens is 268 g/mol. The molecular formula is C11H20N4O3S. The summed E-state index contributed by atoms with van der Waals surface area (Å²) in [4.78, 5) is 8.36. The molecule has 1 aromatic heterocycles. The van der Waals surface area contributed by atoms with E-state index in [1.807, 2.05) is 6.92 Å². The SMILES string of the molecule is CCOc1cc(NCCCNS(C)(=O)=O)nc(C)n1. The Kier molecular flexibility index (Phi) is 5.97. The molecule has 19 heavy (non-hydrogen) atoms. The number of hydrogen-bond donors (Lipinski definition) is 2. The van der Waals surface area contributed by atoms with E-state index in [1.54, 1.807) is 13.0 Å². The molecule has 0 aliphatic carbocycles. The summed E-state index contributed by atoms with van der Waals surface area (Å²) in [6, 6.07) is 1.72. The van der Waals surface area contributed by atoms with Gasteiger partial charge in [0, 0.05) is 19.2 Å². The number of ether oxygens (including phenoxy) is 1. The summed E-state index contributed by atoms with van der Waals surface area (Å²) in [7, 11) is -3.11. The van der Waals surface area contributed by atoms with Gasteiger partial charge < -0.3 is 10.1 Å². The van der Waals surface area contributed by atoms with Gasteiger partial charge in [-0.2, -0.15) is 4.98 Å². The van der Waals surface area contributed by atoms with Crippen molar-refractivity contribution in [2.45, 2.75) is 20.3 Å². The highest BCUT2D eigenvalue weighted by molar-refractivity contribution is 7.88. The average molecular weight is 288 g/mol. The lowest BCUT2D eigenvalue weighted by Gasteiger charge is -2.08. The zero-order valence-electron chi connectivity index (χ0n) is 11.4. The van der Waals surface area contributed by atoms with Gasteiger partial charge in [-0.05, 0) is 20.3 Å². The third kappa shape index (κ3) is 6.92. The minimum absolute atomic E-state index is 0.397. The first-order chi connectivity index (χ1) is 8.90. The van der Waals surface area contributed by atoms with Gasteiger partial charge in [-0.3, -0.25) is 0 Å². The van der Waals surface area contributed by atoms with Crippen LogP contribution in [0.1, 0.15) is 19.2 Å². The van der Waals surface area contributed by atoms with Crippen LogP contribution in [-0.2, 0) is 10.0 Å². The molecule has 108 valence electrons. The van der Waals surface area contributed by atoms with Crippen molar-refractivity contribution in [2.75, 3.05) is 31.3 Å². The van der Waals surface area contributed by atoms with Crippen molar-refractivity contribution in [1.82, 2.24) is 14.7 Å². The van der Waals surface area contributed by atoms with Crippen molar-refractivity contribution in [2.24, 2.45) is 0 Å². The van der Waals surface area contributed by atoms with Crippen LogP contribution in [0.5, 0.6) is 5.88 Å². The van der Waals surface area contributed by atoms with Gasteiger partial charge in [0.1, 0.15) is 11.6 Å². The van der Waals surface area contributed by atoms with Crippen LogP contribution in [0.25, 0.3) is 0 Å². The van der Waals surface area contributed by atoms with Gasteiger partial charge in [0.2, 0.25) is 15.9 Å². The van der Waals surface area contributed by atoms with E-state index in [-0.39, 0.29) is 0 Å². The fraction of sp³-hybridized carbons (Fsp3) is 0.636. The van der Waals surface area contributed by atoms with Crippen LogP contribution < -0.4 is 14.8 Å². The Hall–Kier alpha value is -1.41. The van der Waals surface area contributed by atoms with E-state index in [4.69, 9.17) is 4.74 Å². The molecule has 0 radical (unpaired) electrons. The summed E-state index contributed by atoms with van der Waals surface area (Å²) in [6.07, 6.45) is 1.81. The Morgan fingerprint density at radius 2 is 2.05 bits per heavy atom. The van der Waals surface area contributed by atoms with E-state index in [2.05, 4.69) is 20.0 Å². The van der Waals surface area contributed by atoms with Crippen molar-refractivity contribution in [3.05, 3.63) is 11.9 Å². The average Bonchev–Trinajstić information content (AvgIpc) is 2.26. The highest BCUT2D eigenvalue weighted by atomic mass is 32.2. The topological polar surface area (TPSA) is 93.2 Å². The molecule has 0 saturated heterocycles. The van der Waals surface area contributed by atoms with E-state index in [0.717, 1.165) is 6.26 Å². The summed E-state index contributed by atoms with van der Waals surface area (Å²) < 4.78 is 29.5. The number of nitrogens with zero attached hydrogens (tertiary/aromatic N) is 2. The number of hydrogen-bond acceptors (Lipinski definition) is 6. The molecule has 7 nitrogen and oxygen atoms in total. The number of sulfonamides is 1. The first-order valence-electron chi connectivity index (χ1n) is 6.07. The maximum atomic E-state index is 10.9. The molecule has 0 saturated carbocycles. The number of aromatic nitrogens is 2. The third-order valence-electron chi connectivity index (χ3n) is 2.13. The van der Waals surface area contributed by atoms with E-state index < -0.39 is 10.0 Å². The molecule has 1 aromatic rings. The zero-order valence-corrected chi connectivity index (χ0v) is 12.2. The number of nitrogens with one attached hydrogen (secondary N) is 2. The van der Waals surface area contributed by atoms with Gasteiger partial charge in [-0.1, -0.05) is 0 Å². The second-order valence-electron chi connectivity index (χ2n) is 4.02. The van der Waals surface area contributed by atoms with Gasteiger partial charge in [-0.25, -0.2) is 18.1 Å². The highest BCUT2D eigenvalue weighted by Crippen LogP contribution is 2.12. The minimum Gasteiger partial charge on any atom is -0.478 e. The van der Waals surface area contributed by atoms with E-state index in [9.17, 15) is 8.42 Å². The van der Waals surface area contributed by atoms with Crippen molar-refractivity contribution < 1.29 is 13.2 Å². The molecule has 1 heterocycles. The van der Waals surface area contributed by atoms with Crippen LogP contribution in [0.15, 0.2) is 6.07 Å². The Morgan fingerprint density at radius 3 is 2.68 bits per heavy atom. The van der Waals surface area contributed by atoms with E-state index >= 15 is 0 Å². The first-order valence-corrected chi connectivity index (χ1v) is 7.97. The van der Waals surface area contributed by atoms with Crippen LogP contribution >= 0.6 is 0 Å². The Morgan fingerprint density at radius 1 is 1.32 bits per heavy atom. The molecule has 2 N–H and O–H groups in total. The maximum Gasteiger partial charge on any atom is 0.218 e. The van der Waals surface area contributed by atoms with Gasteiger partial charge >= 0.3 is 0 Å². The quantitative estimate of drug-likeness (QED) is 0.678. The fourth-order valence-corrected chi connectivity index (χ4v) is 1.93. The molecule has 0 spiro atoms. The molecule has 0 aromatic carbocycles. The van der Waals surface area contributed by atoms with Gasteiger partial charge in [0.15, 0.2) is 0 Å². The molecule has 8 heteroatoms. The second kappa shape index (κ2) is 7.25. The standard InChI is InChI=1S/C11H20N4O3S/c1-4-18-11-8-10(14-9(2)15-11)12-6-5-7-13-19(3,16)17/h8,13H,4-7H2,1-3H3,(H,12,14,15). The first kappa shape index (κ1) is 15.6. The summed E-state index contributed by atoms with van der Waals surface area (Å²) >= 11 is 0. The predicted octanol–water partition coefficient (Wildman–Crippen LogP) is 0.535. The maximum absolute atomic E-state index is 10.9. The molecule has 0 atom stereocenters. The van der Waals surface area contributed by atoms with Crippen LogP contribution in [0.4, 0.5) is 5.82 Å². The Bertz CT molecular complexity index is 505. The Balaban J connectivity index is 2.40. The third-order valence-corrected chi connectivity index (χ3v) is 2.86. The van der Waals surface area contributed by atoms with Crippen molar-refractivity contribution in [1.29, 1.82) is 0 Å². The summed E-state index contributed by atoms with van der Waals surface area (Å²) in [5.74, 6) is 1.84. The summed E-state index contributed by atoms with van der Waals surface area (Å²) in [5.41, 5.74) is 0. The van der Waals surface area contributed by atoms with Gasteiger partial charge in [-0.15, -0.1) is 0 Å². The van der Waals surface area contributed by atoms with Crippen molar-refractivity contribution in [3.8, 4) is 5.88 Å². The largest absolute Gasteiger partial charge is 0.478 e. The van der Waals surface area contributed by atoms with Crippen LogP contribution in [0, 0.1) is 6.92 Å². The van der Waals surface area contributed by atoms with E-state index in [1.165, 1.54) is 0 Å². The highest BCUT2D eigenvalue weighted by Gasteiger charge is 2.02. The Labute approximate surface area is 113 Å². The molecule has 0 amide bonds. The molecule has 0 bridgehead atoms. The van der Waals surface area contributed by atoms with E-state index in [0.29, 0.717) is 43.6 Å². The van der Waals surface area contributed by atoms with Crippen LogP contribution in [0.2, 0.25) is 0 Å². The van der Waals surface area contributed by atoms with Crippen LogP contribution in [-0.4, -0.2) is 44.3 Å². The fourth-order valence-electron chi connectivity index (χ4n) is 1.42. The van der Waals surface area contributed by atoms with Crippen molar-refractivity contribution in [3.63, 3.8) is 0 Å². The predicted molar refractivity (Wildman–Crippen MR) is 73.9 cm³/mol. The van der Waals surface area contributed by atoms with Gasteiger partial charge in [0.05, 0.1) is 12.9 Å². The lowest BCUT2D eigenvalue weighted by atomic mass is 10.4. The van der Waals surface area contributed by atoms with Gasteiger partial charge in [0.25, 0.3) is 0 Å². The molecule has 0 aliphatic heterocycles. The molecule has 0 unspecified atom stereocenters. The molecule has 0 fully saturated rings. The van der Waals surface area contributed by atoms with Crippen LogP contribution in [0.3, 0.4) is 0 Å². The normalized spacial score (nSPS) is 11.3. The summed E-state index contributed by atoms with van der Waals surface area (Å²) in [5, 5.41) is 3.10. The molecule has 1 rings (SSSR count). The summed E-state index contributed by atoms with van der Waals surface area (Å²) in [6.45, 7) is 5.24. The monoisotopic (exact) mass is 288 g/mol. The number of anilines is 1. The second-order valence-corrected chi connectivity index (χ2v) is 5.85. The minimum atomic E-state index is -3.11.